The van der Waals surface area contributed by atoms with Crippen LogP contribution in [-0.2, 0) is 6.54 Å². The minimum Gasteiger partial charge on any atom is -0.369 e. The Kier molecular flexibility index (Phi) is 6.85. The highest BCUT2D eigenvalue weighted by atomic mass is 32.2. The molecule has 0 saturated heterocycles. The Morgan fingerprint density at radius 3 is 2.81 bits per heavy atom. The summed E-state index contributed by atoms with van der Waals surface area (Å²) in [7, 11) is 0. The maximum Gasteiger partial charge on any atom is 0.224 e. The Balaban J connectivity index is 1.63. The Hall–Kier alpha value is -2.37. The van der Waals surface area contributed by atoms with Gasteiger partial charge in [-0.2, -0.15) is 10.2 Å². The van der Waals surface area contributed by atoms with E-state index in [2.05, 4.69) is 31.7 Å². The monoisotopic (exact) mass is 383 g/mol. The van der Waals surface area contributed by atoms with E-state index in [4.69, 9.17) is 5.73 Å². The second kappa shape index (κ2) is 9.53. The third-order valence-electron chi connectivity index (χ3n) is 4.84. The number of rotatable bonds is 7. The van der Waals surface area contributed by atoms with Crippen molar-refractivity contribution in [2.24, 2.45) is 11.7 Å². The van der Waals surface area contributed by atoms with Crippen molar-refractivity contribution in [1.29, 1.82) is 5.26 Å². The number of nitrogens with zero attached hydrogens (tertiary/aromatic N) is 4. The molecular weight excluding hydrogens is 358 g/mol. The first-order chi connectivity index (χ1) is 13.2. The molecule has 1 aliphatic carbocycles. The molecular formula is C19H25N7S. The van der Waals surface area contributed by atoms with E-state index in [0.29, 0.717) is 35.8 Å². The van der Waals surface area contributed by atoms with E-state index in [9.17, 15) is 5.26 Å². The summed E-state index contributed by atoms with van der Waals surface area (Å²) in [6.07, 6.45) is 9.72. The van der Waals surface area contributed by atoms with E-state index in [1.807, 2.05) is 18.4 Å². The number of anilines is 2. The number of nitrogens with two attached hydrogens (primary N) is 1. The number of aromatic nitrogens is 3. The van der Waals surface area contributed by atoms with Crippen molar-refractivity contribution in [2.45, 2.75) is 43.3 Å². The van der Waals surface area contributed by atoms with Crippen LogP contribution in [0.1, 0.15) is 36.8 Å². The molecule has 4 N–H and O–H groups in total. The van der Waals surface area contributed by atoms with Gasteiger partial charge in [-0.25, -0.2) is 9.97 Å². The fourth-order valence-electron chi connectivity index (χ4n) is 3.23. The number of nitrogens with one attached hydrogen (secondary N) is 2. The molecule has 8 heteroatoms. The maximum absolute atomic E-state index is 9.34. The molecule has 1 aliphatic rings. The van der Waals surface area contributed by atoms with Gasteiger partial charge in [-0.05, 0) is 43.9 Å². The SMILES string of the molecule is CSc1ncccc1CNc1ncc(C#N)c(NC[C@H]2CC[C@H](N)CC2)n1. The molecule has 2 aromatic rings. The van der Waals surface area contributed by atoms with Crippen molar-refractivity contribution in [1.82, 2.24) is 15.0 Å². The summed E-state index contributed by atoms with van der Waals surface area (Å²) in [5, 5.41) is 16.9. The van der Waals surface area contributed by atoms with Crippen molar-refractivity contribution >= 4 is 23.5 Å². The standard InChI is InChI=1S/C19H25N7S/c1-27-18-14(3-2-8-22-18)11-24-19-25-12-15(9-20)17(26-19)23-10-13-4-6-16(21)7-5-13/h2-3,8,12-13,16H,4-7,10-11,21H2,1H3,(H2,23,24,25,26)/t13-,16-. The molecule has 0 aromatic carbocycles. The summed E-state index contributed by atoms with van der Waals surface area (Å²) in [4.78, 5) is 13.1. The highest BCUT2D eigenvalue weighted by molar-refractivity contribution is 7.98. The molecule has 0 aliphatic heterocycles. The summed E-state index contributed by atoms with van der Waals surface area (Å²) < 4.78 is 0. The smallest absolute Gasteiger partial charge is 0.224 e. The fourth-order valence-corrected chi connectivity index (χ4v) is 3.80. The minimum absolute atomic E-state index is 0.337. The molecule has 2 aromatic heterocycles. The van der Waals surface area contributed by atoms with Crippen molar-refractivity contribution < 1.29 is 0 Å². The zero-order valence-corrected chi connectivity index (χ0v) is 16.3. The second-order valence-corrected chi connectivity index (χ2v) is 7.55. The highest BCUT2D eigenvalue weighted by Crippen LogP contribution is 2.24. The Bertz CT molecular complexity index is 797. The van der Waals surface area contributed by atoms with Gasteiger partial charge in [-0.15, -0.1) is 11.8 Å². The van der Waals surface area contributed by atoms with Gasteiger partial charge in [0.05, 0.1) is 6.20 Å². The third-order valence-corrected chi connectivity index (χ3v) is 5.59. The highest BCUT2D eigenvalue weighted by Gasteiger charge is 2.19. The van der Waals surface area contributed by atoms with Gasteiger partial charge in [0.15, 0.2) is 0 Å². The van der Waals surface area contributed by atoms with Gasteiger partial charge in [0.2, 0.25) is 5.95 Å². The zero-order valence-electron chi connectivity index (χ0n) is 15.5. The average Bonchev–Trinajstić information content (AvgIpc) is 2.72. The summed E-state index contributed by atoms with van der Waals surface area (Å²) in [6, 6.07) is 6.44. The van der Waals surface area contributed by atoms with Crippen molar-refractivity contribution in [2.75, 3.05) is 23.4 Å². The number of nitriles is 1. The second-order valence-electron chi connectivity index (χ2n) is 6.75. The quantitative estimate of drug-likeness (QED) is 0.626. The van der Waals surface area contributed by atoms with Crippen LogP contribution in [0.15, 0.2) is 29.6 Å². The summed E-state index contributed by atoms with van der Waals surface area (Å²) >= 11 is 1.61. The zero-order chi connectivity index (χ0) is 19.1. The van der Waals surface area contributed by atoms with Gasteiger partial charge in [0.1, 0.15) is 22.5 Å². The molecule has 0 atom stereocenters. The van der Waals surface area contributed by atoms with Crippen LogP contribution in [0, 0.1) is 17.2 Å². The Morgan fingerprint density at radius 1 is 1.26 bits per heavy atom. The van der Waals surface area contributed by atoms with E-state index in [-0.39, 0.29) is 0 Å². The molecule has 1 fully saturated rings. The number of thioether (sulfide) groups is 1. The summed E-state index contributed by atoms with van der Waals surface area (Å²) in [5.74, 6) is 1.65. The van der Waals surface area contributed by atoms with E-state index in [1.165, 1.54) is 0 Å². The van der Waals surface area contributed by atoms with Gasteiger partial charge >= 0.3 is 0 Å². The molecule has 27 heavy (non-hydrogen) atoms. The summed E-state index contributed by atoms with van der Waals surface area (Å²) in [6.45, 7) is 1.38. The first-order valence-corrected chi connectivity index (χ1v) is 10.4. The predicted octanol–water partition coefficient (Wildman–Crippen LogP) is 3.01. The average molecular weight is 384 g/mol. The first kappa shape index (κ1) is 19.4. The molecule has 2 heterocycles. The van der Waals surface area contributed by atoms with Crippen molar-refractivity contribution in [3.05, 3.63) is 35.7 Å². The van der Waals surface area contributed by atoms with Gasteiger partial charge < -0.3 is 16.4 Å². The van der Waals surface area contributed by atoms with Crippen LogP contribution >= 0.6 is 11.8 Å². The molecule has 0 unspecified atom stereocenters. The van der Waals surface area contributed by atoms with Crippen LogP contribution in [0.4, 0.5) is 11.8 Å². The maximum atomic E-state index is 9.34. The lowest BCUT2D eigenvalue weighted by molar-refractivity contribution is 0.338. The molecule has 0 amide bonds. The third kappa shape index (κ3) is 5.31. The topological polar surface area (TPSA) is 113 Å². The van der Waals surface area contributed by atoms with Crippen LogP contribution in [0.3, 0.4) is 0 Å². The molecule has 7 nitrogen and oxygen atoms in total. The lowest BCUT2D eigenvalue weighted by atomic mass is 9.86. The Labute approximate surface area is 164 Å². The van der Waals surface area contributed by atoms with E-state index in [0.717, 1.165) is 42.8 Å². The molecule has 1 saturated carbocycles. The van der Waals surface area contributed by atoms with Gasteiger partial charge in [0, 0.05) is 30.9 Å². The van der Waals surface area contributed by atoms with Crippen molar-refractivity contribution in [3.8, 4) is 6.07 Å². The summed E-state index contributed by atoms with van der Waals surface area (Å²) in [5.41, 5.74) is 7.52. The van der Waals surface area contributed by atoms with E-state index >= 15 is 0 Å². The van der Waals surface area contributed by atoms with Gasteiger partial charge in [0.25, 0.3) is 0 Å². The lowest BCUT2D eigenvalue weighted by Crippen LogP contribution is -2.29. The van der Waals surface area contributed by atoms with Crippen LogP contribution in [0.5, 0.6) is 0 Å². The normalized spacial score (nSPS) is 19.3. The van der Waals surface area contributed by atoms with Crippen LogP contribution in [0.2, 0.25) is 0 Å². The van der Waals surface area contributed by atoms with Gasteiger partial charge in [-0.1, -0.05) is 6.07 Å². The Morgan fingerprint density at radius 2 is 2.07 bits per heavy atom. The largest absolute Gasteiger partial charge is 0.369 e. The lowest BCUT2D eigenvalue weighted by Gasteiger charge is -2.26. The molecule has 3 rings (SSSR count). The van der Waals surface area contributed by atoms with E-state index < -0.39 is 0 Å². The first-order valence-electron chi connectivity index (χ1n) is 9.18. The number of hydrogen-bond acceptors (Lipinski definition) is 8. The van der Waals surface area contributed by atoms with Crippen LogP contribution in [-0.4, -0.2) is 33.8 Å². The number of pyridine rings is 1. The van der Waals surface area contributed by atoms with E-state index in [1.54, 1.807) is 24.2 Å². The van der Waals surface area contributed by atoms with Gasteiger partial charge in [-0.3, -0.25) is 0 Å². The molecule has 0 bridgehead atoms. The fraction of sp³-hybridized carbons (Fsp3) is 0.474. The van der Waals surface area contributed by atoms with Crippen LogP contribution < -0.4 is 16.4 Å². The minimum atomic E-state index is 0.337. The van der Waals surface area contributed by atoms with Crippen LogP contribution in [0.25, 0.3) is 0 Å². The number of hydrogen-bond donors (Lipinski definition) is 3. The van der Waals surface area contributed by atoms with Crippen molar-refractivity contribution in [3.63, 3.8) is 0 Å². The molecule has 0 radical (unpaired) electrons. The predicted molar refractivity (Wildman–Crippen MR) is 109 cm³/mol. The molecule has 0 spiro atoms. The molecule has 142 valence electrons.